The van der Waals surface area contributed by atoms with E-state index in [1.54, 1.807) is 0 Å². The maximum absolute atomic E-state index is 5.99. The Bertz CT molecular complexity index is 324. The number of hydrogen-bond donors (Lipinski definition) is 2. The molecule has 0 amide bonds. The van der Waals surface area contributed by atoms with E-state index in [1.165, 1.54) is 51.4 Å². The zero-order chi connectivity index (χ0) is 13.7. The summed E-state index contributed by atoms with van der Waals surface area (Å²) in [5, 5.41) is 0. The summed E-state index contributed by atoms with van der Waals surface area (Å²) in [6, 6.07) is 0.549. The molecule has 4 atom stereocenters. The number of hydrazine groups is 1. The molecule has 0 radical (unpaired) electrons. The Kier molecular flexibility index (Phi) is 3.46. The lowest BCUT2D eigenvalue weighted by Gasteiger charge is -2.63. The minimum atomic E-state index is 0.525. The van der Waals surface area contributed by atoms with Crippen molar-refractivity contribution in [2.24, 2.45) is 34.4 Å². The van der Waals surface area contributed by atoms with Crippen LogP contribution in [-0.2, 0) is 0 Å². The minimum Gasteiger partial charge on any atom is -0.271 e. The molecule has 0 heterocycles. The highest BCUT2D eigenvalue weighted by molar-refractivity contribution is 5.09. The van der Waals surface area contributed by atoms with Crippen LogP contribution in [0.15, 0.2) is 0 Å². The molecule has 110 valence electrons. The first-order valence-electron chi connectivity index (χ1n) is 8.45. The maximum atomic E-state index is 5.99. The quantitative estimate of drug-likeness (QED) is 0.584. The summed E-state index contributed by atoms with van der Waals surface area (Å²) >= 11 is 0. The largest absolute Gasteiger partial charge is 0.271 e. The van der Waals surface area contributed by atoms with Crippen molar-refractivity contribution in [3.63, 3.8) is 0 Å². The van der Waals surface area contributed by atoms with Gasteiger partial charge >= 0.3 is 0 Å². The van der Waals surface area contributed by atoms with E-state index < -0.39 is 0 Å². The number of nitrogens with two attached hydrogens (primary N) is 1. The summed E-state index contributed by atoms with van der Waals surface area (Å²) in [6.45, 7) is 7.24. The van der Waals surface area contributed by atoms with Crippen molar-refractivity contribution in [2.75, 3.05) is 0 Å². The zero-order valence-electron chi connectivity index (χ0n) is 13.0. The molecule has 2 nitrogen and oxygen atoms in total. The zero-order valence-corrected chi connectivity index (χ0v) is 13.0. The van der Waals surface area contributed by atoms with Gasteiger partial charge in [-0.2, -0.15) is 0 Å². The molecular weight excluding hydrogens is 232 g/mol. The number of rotatable bonds is 5. The highest BCUT2D eigenvalue weighted by Crippen LogP contribution is 2.66. The van der Waals surface area contributed by atoms with Crippen LogP contribution >= 0.6 is 0 Å². The molecule has 0 aromatic carbocycles. The van der Waals surface area contributed by atoms with E-state index in [2.05, 4.69) is 26.2 Å². The van der Waals surface area contributed by atoms with E-state index >= 15 is 0 Å². The predicted octanol–water partition coefficient (Wildman–Crippen LogP) is 3.86. The predicted molar refractivity (Wildman–Crippen MR) is 80.4 cm³/mol. The van der Waals surface area contributed by atoms with E-state index in [0.29, 0.717) is 16.9 Å². The van der Waals surface area contributed by atoms with Gasteiger partial charge in [-0.05, 0) is 73.5 Å². The van der Waals surface area contributed by atoms with Crippen molar-refractivity contribution in [1.29, 1.82) is 0 Å². The van der Waals surface area contributed by atoms with Gasteiger partial charge in [-0.15, -0.1) is 0 Å². The Labute approximate surface area is 118 Å². The highest BCUT2D eigenvalue weighted by Gasteiger charge is 2.58. The van der Waals surface area contributed by atoms with Gasteiger partial charge in [0.15, 0.2) is 0 Å². The Hall–Kier alpha value is -0.0800. The van der Waals surface area contributed by atoms with Gasteiger partial charge in [0.1, 0.15) is 0 Å². The van der Waals surface area contributed by atoms with Gasteiger partial charge < -0.3 is 0 Å². The molecule has 4 aliphatic carbocycles. The van der Waals surface area contributed by atoms with Crippen molar-refractivity contribution in [2.45, 2.75) is 78.2 Å². The fourth-order valence-electron chi connectivity index (χ4n) is 6.27. The molecule has 4 fully saturated rings. The van der Waals surface area contributed by atoms with Crippen molar-refractivity contribution in [3.05, 3.63) is 0 Å². The molecule has 2 heteroatoms. The van der Waals surface area contributed by atoms with E-state index in [1.807, 2.05) is 0 Å². The van der Waals surface area contributed by atoms with Crippen molar-refractivity contribution >= 4 is 0 Å². The Morgan fingerprint density at radius 2 is 1.84 bits per heavy atom. The monoisotopic (exact) mass is 264 g/mol. The first kappa shape index (κ1) is 13.9. The van der Waals surface area contributed by atoms with Crippen LogP contribution in [0, 0.1) is 28.6 Å². The van der Waals surface area contributed by atoms with Crippen LogP contribution in [0.2, 0.25) is 0 Å². The Balaban J connectivity index is 1.81. The van der Waals surface area contributed by atoms with Gasteiger partial charge in [0, 0.05) is 6.04 Å². The van der Waals surface area contributed by atoms with Crippen molar-refractivity contribution in [3.8, 4) is 0 Å². The smallest absolute Gasteiger partial charge is 0.0269 e. The third kappa shape index (κ3) is 2.35. The SMILES string of the molecule is CCC(C)CC(NN)C12CC3CC(CC(C)(C3)C1)C2. The second-order valence-electron chi connectivity index (χ2n) is 8.60. The van der Waals surface area contributed by atoms with E-state index in [0.717, 1.165) is 17.8 Å². The second-order valence-corrected chi connectivity index (χ2v) is 8.60. The van der Waals surface area contributed by atoms with Crippen LogP contribution in [0.3, 0.4) is 0 Å². The molecule has 0 aromatic heterocycles. The standard InChI is InChI=1S/C17H32N2/c1-4-12(2)5-15(19-18)17-9-13-6-14(10-17)8-16(3,7-13)11-17/h12-15,19H,4-11,18H2,1-3H3. The molecule has 0 aliphatic heterocycles. The average molecular weight is 264 g/mol. The van der Waals surface area contributed by atoms with Crippen LogP contribution in [0.25, 0.3) is 0 Å². The molecule has 4 saturated carbocycles. The average Bonchev–Trinajstić information content (AvgIpc) is 2.32. The number of nitrogens with one attached hydrogen (secondary N) is 1. The lowest BCUT2D eigenvalue weighted by atomic mass is 9.43. The fourth-order valence-corrected chi connectivity index (χ4v) is 6.27. The molecule has 19 heavy (non-hydrogen) atoms. The maximum Gasteiger partial charge on any atom is 0.0269 e. The van der Waals surface area contributed by atoms with Crippen LogP contribution in [0.4, 0.5) is 0 Å². The van der Waals surface area contributed by atoms with Gasteiger partial charge in [-0.25, -0.2) is 0 Å². The third-order valence-electron chi connectivity index (χ3n) is 6.67. The van der Waals surface area contributed by atoms with Gasteiger partial charge in [0.25, 0.3) is 0 Å². The van der Waals surface area contributed by atoms with Crippen molar-refractivity contribution in [1.82, 2.24) is 5.43 Å². The van der Waals surface area contributed by atoms with Crippen molar-refractivity contribution < 1.29 is 0 Å². The van der Waals surface area contributed by atoms with Crippen LogP contribution < -0.4 is 11.3 Å². The normalized spacial score (nSPS) is 47.4. The molecule has 4 aliphatic rings. The molecule has 0 saturated heterocycles. The first-order valence-corrected chi connectivity index (χ1v) is 8.45. The molecule has 4 unspecified atom stereocenters. The molecule has 0 aromatic rings. The summed E-state index contributed by atoms with van der Waals surface area (Å²) in [7, 11) is 0. The molecule has 4 bridgehead atoms. The Morgan fingerprint density at radius 1 is 1.21 bits per heavy atom. The van der Waals surface area contributed by atoms with E-state index in [4.69, 9.17) is 5.84 Å². The second kappa shape index (κ2) is 4.73. The van der Waals surface area contributed by atoms with E-state index in [-0.39, 0.29) is 0 Å². The lowest BCUT2D eigenvalue weighted by Crippen LogP contribution is -2.60. The molecular formula is C17H32N2. The van der Waals surface area contributed by atoms with Gasteiger partial charge in [0.2, 0.25) is 0 Å². The molecule has 3 N–H and O–H groups in total. The summed E-state index contributed by atoms with van der Waals surface area (Å²) in [6.07, 6.45) is 11.4. The summed E-state index contributed by atoms with van der Waals surface area (Å²) in [5.74, 6) is 8.78. The highest BCUT2D eigenvalue weighted by atomic mass is 15.2. The number of hydrogen-bond acceptors (Lipinski definition) is 2. The van der Waals surface area contributed by atoms with Crippen LogP contribution in [-0.4, -0.2) is 6.04 Å². The Morgan fingerprint density at radius 3 is 2.32 bits per heavy atom. The topological polar surface area (TPSA) is 38.0 Å². The van der Waals surface area contributed by atoms with Crippen LogP contribution in [0.5, 0.6) is 0 Å². The fraction of sp³-hybridized carbons (Fsp3) is 1.00. The summed E-state index contributed by atoms with van der Waals surface area (Å²) in [4.78, 5) is 0. The molecule has 4 rings (SSSR count). The van der Waals surface area contributed by atoms with Gasteiger partial charge in [0.05, 0.1) is 0 Å². The minimum absolute atomic E-state index is 0.525. The molecule has 0 spiro atoms. The van der Waals surface area contributed by atoms with Gasteiger partial charge in [-0.1, -0.05) is 27.2 Å². The van der Waals surface area contributed by atoms with E-state index in [9.17, 15) is 0 Å². The lowest BCUT2D eigenvalue weighted by molar-refractivity contribution is -0.120. The summed E-state index contributed by atoms with van der Waals surface area (Å²) < 4.78 is 0. The first-order chi connectivity index (χ1) is 8.98. The van der Waals surface area contributed by atoms with Crippen LogP contribution in [0.1, 0.15) is 72.1 Å². The third-order valence-corrected chi connectivity index (χ3v) is 6.67. The van der Waals surface area contributed by atoms with Gasteiger partial charge in [-0.3, -0.25) is 11.3 Å². The summed E-state index contributed by atoms with van der Waals surface area (Å²) in [5.41, 5.74) is 4.40.